The van der Waals surface area contributed by atoms with Gasteiger partial charge < -0.3 is 9.64 Å². The molecule has 2 aromatic rings. The van der Waals surface area contributed by atoms with Crippen LogP contribution in [0.2, 0.25) is 0 Å². The van der Waals surface area contributed by atoms with Gasteiger partial charge in [0.2, 0.25) is 0 Å². The van der Waals surface area contributed by atoms with Gasteiger partial charge >= 0.3 is 0 Å². The number of ether oxygens (including phenoxy) is 1. The third-order valence-corrected chi connectivity index (χ3v) is 4.65. The molecule has 1 aliphatic heterocycles. The van der Waals surface area contributed by atoms with Gasteiger partial charge in [-0.25, -0.2) is 0 Å². The molecule has 1 amide bonds. The van der Waals surface area contributed by atoms with Gasteiger partial charge in [-0.2, -0.15) is 5.26 Å². The van der Waals surface area contributed by atoms with Crippen LogP contribution in [-0.4, -0.2) is 60.1 Å². The van der Waals surface area contributed by atoms with Crippen molar-refractivity contribution in [2.24, 2.45) is 0 Å². The molecule has 0 saturated carbocycles. The highest BCUT2D eigenvalue weighted by atomic mass is 16.5. The van der Waals surface area contributed by atoms with E-state index >= 15 is 0 Å². The number of carbonyl (C=O) groups is 1. The van der Waals surface area contributed by atoms with Gasteiger partial charge in [0, 0.05) is 50.7 Å². The van der Waals surface area contributed by atoms with Crippen molar-refractivity contribution in [1.29, 1.82) is 5.26 Å². The minimum absolute atomic E-state index is 0.0501. The molecule has 1 aromatic carbocycles. The summed E-state index contributed by atoms with van der Waals surface area (Å²) in [5, 5.41) is 9.11. The Morgan fingerprint density at radius 3 is 2.74 bits per heavy atom. The Bertz CT molecular complexity index is 782. The molecular formula is C21H24N4O2. The van der Waals surface area contributed by atoms with Gasteiger partial charge in [0.1, 0.15) is 0 Å². The molecule has 1 saturated heterocycles. The lowest BCUT2D eigenvalue weighted by molar-refractivity contribution is 0.0355. The van der Waals surface area contributed by atoms with Crippen molar-refractivity contribution in [3.8, 4) is 6.07 Å². The van der Waals surface area contributed by atoms with E-state index in [1.165, 1.54) is 0 Å². The van der Waals surface area contributed by atoms with Crippen molar-refractivity contribution in [2.75, 3.05) is 39.4 Å². The Labute approximate surface area is 160 Å². The number of carbonyl (C=O) groups excluding carboxylic acids is 1. The summed E-state index contributed by atoms with van der Waals surface area (Å²) in [7, 11) is 0. The van der Waals surface area contributed by atoms with Gasteiger partial charge in [-0.1, -0.05) is 6.07 Å². The maximum atomic E-state index is 13.1. The molecular weight excluding hydrogens is 340 g/mol. The lowest BCUT2D eigenvalue weighted by Crippen LogP contribution is -2.39. The predicted octanol–water partition coefficient (Wildman–Crippen LogP) is 2.32. The number of hydrogen-bond donors (Lipinski definition) is 0. The first kappa shape index (κ1) is 19.0. The number of benzene rings is 1. The molecule has 27 heavy (non-hydrogen) atoms. The zero-order valence-corrected chi connectivity index (χ0v) is 15.4. The molecule has 3 rings (SSSR count). The third-order valence-electron chi connectivity index (χ3n) is 4.65. The Morgan fingerprint density at radius 2 is 2.00 bits per heavy atom. The highest BCUT2D eigenvalue weighted by molar-refractivity contribution is 5.94. The second-order valence-corrected chi connectivity index (χ2v) is 6.58. The maximum absolute atomic E-state index is 13.1. The fourth-order valence-corrected chi connectivity index (χ4v) is 3.18. The van der Waals surface area contributed by atoms with Gasteiger partial charge in [-0.3, -0.25) is 14.7 Å². The number of rotatable bonds is 7. The quantitative estimate of drug-likeness (QED) is 0.754. The standard InChI is InChI=1S/C21H24N4O2/c22-16-19-3-1-4-20(15-19)21(26)25(17-18-5-7-23-8-6-18)10-2-9-24-11-13-27-14-12-24/h1,3-8,15H,2,9-14,17H2. The summed E-state index contributed by atoms with van der Waals surface area (Å²) >= 11 is 0. The molecule has 1 aromatic heterocycles. The molecule has 6 heteroatoms. The number of pyridine rings is 1. The van der Waals surface area contributed by atoms with Gasteiger partial charge in [0.15, 0.2) is 0 Å². The topological polar surface area (TPSA) is 69.5 Å². The average Bonchev–Trinajstić information content (AvgIpc) is 2.74. The van der Waals surface area contributed by atoms with E-state index < -0.39 is 0 Å². The van der Waals surface area contributed by atoms with Crippen molar-refractivity contribution >= 4 is 5.91 Å². The molecule has 1 fully saturated rings. The summed E-state index contributed by atoms with van der Waals surface area (Å²) in [6.45, 7) is 5.59. The number of aromatic nitrogens is 1. The van der Waals surface area contributed by atoms with Crippen molar-refractivity contribution in [3.05, 3.63) is 65.5 Å². The summed E-state index contributed by atoms with van der Waals surface area (Å²) in [6, 6.07) is 12.8. The van der Waals surface area contributed by atoms with Crippen LogP contribution in [0.15, 0.2) is 48.8 Å². The average molecular weight is 364 g/mol. The van der Waals surface area contributed by atoms with Crippen LogP contribution in [0.5, 0.6) is 0 Å². The normalized spacial score (nSPS) is 14.5. The highest BCUT2D eigenvalue weighted by Gasteiger charge is 2.18. The first-order chi connectivity index (χ1) is 13.3. The molecule has 0 N–H and O–H groups in total. The molecule has 1 aliphatic rings. The fraction of sp³-hybridized carbons (Fsp3) is 0.381. The fourth-order valence-electron chi connectivity index (χ4n) is 3.18. The zero-order valence-electron chi connectivity index (χ0n) is 15.4. The van der Waals surface area contributed by atoms with Gasteiger partial charge in [-0.05, 0) is 42.3 Å². The van der Waals surface area contributed by atoms with Crippen molar-refractivity contribution < 1.29 is 9.53 Å². The van der Waals surface area contributed by atoms with E-state index in [0.717, 1.165) is 44.8 Å². The second-order valence-electron chi connectivity index (χ2n) is 6.58. The highest BCUT2D eigenvalue weighted by Crippen LogP contribution is 2.12. The third kappa shape index (κ3) is 5.61. The molecule has 0 bridgehead atoms. The van der Waals surface area contributed by atoms with E-state index in [0.29, 0.717) is 24.2 Å². The summed E-state index contributed by atoms with van der Waals surface area (Å²) in [6.07, 6.45) is 4.37. The summed E-state index contributed by atoms with van der Waals surface area (Å²) in [5.74, 6) is -0.0501. The molecule has 0 atom stereocenters. The summed E-state index contributed by atoms with van der Waals surface area (Å²) < 4.78 is 5.39. The number of amides is 1. The predicted molar refractivity (Wildman–Crippen MR) is 102 cm³/mol. The van der Waals surface area contributed by atoms with Crippen molar-refractivity contribution in [2.45, 2.75) is 13.0 Å². The summed E-state index contributed by atoms with van der Waals surface area (Å²) in [5.41, 5.74) is 2.09. The minimum atomic E-state index is -0.0501. The van der Waals surface area contributed by atoms with E-state index in [1.54, 1.807) is 36.7 Å². The molecule has 6 nitrogen and oxygen atoms in total. The number of nitrogens with zero attached hydrogens (tertiary/aromatic N) is 4. The Morgan fingerprint density at radius 1 is 1.22 bits per heavy atom. The second kappa shape index (κ2) is 9.81. The lowest BCUT2D eigenvalue weighted by Gasteiger charge is -2.28. The molecule has 140 valence electrons. The monoisotopic (exact) mass is 364 g/mol. The number of hydrogen-bond acceptors (Lipinski definition) is 5. The van der Waals surface area contributed by atoms with Crippen LogP contribution in [0.4, 0.5) is 0 Å². The molecule has 2 heterocycles. The summed E-state index contributed by atoms with van der Waals surface area (Å²) in [4.78, 5) is 21.3. The lowest BCUT2D eigenvalue weighted by atomic mass is 10.1. The molecule has 0 spiro atoms. The van der Waals surface area contributed by atoms with E-state index in [-0.39, 0.29) is 5.91 Å². The Hall–Kier alpha value is -2.75. The van der Waals surface area contributed by atoms with Crippen LogP contribution in [0.1, 0.15) is 27.9 Å². The van der Waals surface area contributed by atoms with Crippen LogP contribution >= 0.6 is 0 Å². The smallest absolute Gasteiger partial charge is 0.254 e. The zero-order chi connectivity index (χ0) is 18.9. The first-order valence-electron chi connectivity index (χ1n) is 9.25. The Kier molecular flexibility index (Phi) is 6.91. The largest absolute Gasteiger partial charge is 0.379 e. The van der Waals surface area contributed by atoms with Gasteiger partial charge in [-0.15, -0.1) is 0 Å². The molecule has 0 radical (unpaired) electrons. The van der Waals surface area contributed by atoms with Gasteiger partial charge in [0.25, 0.3) is 5.91 Å². The molecule has 0 aliphatic carbocycles. The van der Waals surface area contributed by atoms with Crippen LogP contribution in [0.25, 0.3) is 0 Å². The van der Waals surface area contributed by atoms with Crippen LogP contribution < -0.4 is 0 Å². The maximum Gasteiger partial charge on any atom is 0.254 e. The van der Waals surface area contributed by atoms with Crippen LogP contribution in [0, 0.1) is 11.3 Å². The van der Waals surface area contributed by atoms with E-state index in [2.05, 4.69) is 16.0 Å². The van der Waals surface area contributed by atoms with Crippen molar-refractivity contribution in [3.63, 3.8) is 0 Å². The van der Waals surface area contributed by atoms with E-state index in [1.807, 2.05) is 17.0 Å². The van der Waals surface area contributed by atoms with Crippen LogP contribution in [0.3, 0.4) is 0 Å². The molecule has 0 unspecified atom stereocenters. The number of morpholine rings is 1. The SMILES string of the molecule is N#Cc1cccc(C(=O)N(CCCN2CCOCC2)Cc2ccncc2)c1. The first-order valence-corrected chi connectivity index (χ1v) is 9.25. The van der Waals surface area contributed by atoms with Gasteiger partial charge in [0.05, 0.1) is 24.8 Å². The number of nitriles is 1. The minimum Gasteiger partial charge on any atom is -0.379 e. The van der Waals surface area contributed by atoms with E-state index in [9.17, 15) is 4.79 Å². The Balaban J connectivity index is 1.68. The van der Waals surface area contributed by atoms with Crippen molar-refractivity contribution in [1.82, 2.24) is 14.8 Å². The van der Waals surface area contributed by atoms with E-state index in [4.69, 9.17) is 10.00 Å². The van der Waals surface area contributed by atoms with Crippen LogP contribution in [-0.2, 0) is 11.3 Å².